The molecule has 2 heterocycles. The van der Waals surface area contributed by atoms with Crippen LogP contribution >= 0.6 is 22.9 Å². The number of carbonyl (C=O) groups excluding carboxylic acids is 2. The van der Waals surface area contributed by atoms with E-state index >= 15 is 4.39 Å². The molecule has 6 nitrogen and oxygen atoms in total. The Hall–Kier alpha value is -2.41. The van der Waals surface area contributed by atoms with Gasteiger partial charge in [0.25, 0.3) is 5.91 Å². The van der Waals surface area contributed by atoms with Gasteiger partial charge in [0.1, 0.15) is 11.6 Å². The molecular weight excluding hydrogens is 665 g/mol. The van der Waals surface area contributed by atoms with Crippen molar-refractivity contribution in [3.8, 4) is 16.9 Å². The van der Waals surface area contributed by atoms with E-state index in [0.717, 1.165) is 25.7 Å². The van der Waals surface area contributed by atoms with E-state index in [2.05, 4.69) is 3.53 Å². The minimum atomic E-state index is -4.15. The van der Waals surface area contributed by atoms with Crippen LogP contribution in [-0.2, 0) is 4.79 Å². The first-order valence-corrected chi connectivity index (χ1v) is 15.7. The molecule has 2 aromatic rings. The number of nitrogens with zero attached hydrogens (tertiary/aromatic N) is 2. The Morgan fingerprint density at radius 2 is 1.71 bits per heavy atom. The summed E-state index contributed by atoms with van der Waals surface area (Å²) in [7, 11) is 0. The Morgan fingerprint density at radius 1 is 1.00 bits per heavy atom. The third-order valence-corrected chi connectivity index (χ3v) is 9.72. The second-order valence-corrected chi connectivity index (χ2v) is 12.5. The average Bonchev–Trinajstić information content (AvgIpc) is 2.97. The molecule has 11 heteroatoms. The Kier molecular flexibility index (Phi) is 9.66. The molecule has 2 aliphatic heterocycles. The lowest BCUT2D eigenvalue weighted by molar-refractivity contribution is -0.256. The molecule has 0 spiro atoms. The average molecular weight is 702 g/mol. The molecule has 0 radical (unpaired) electrons. The largest absolute Gasteiger partial charge is 0.493 e. The summed E-state index contributed by atoms with van der Waals surface area (Å²) in [5.41, 5.74) is -0.0226. The van der Waals surface area contributed by atoms with E-state index in [1.54, 1.807) is 41.3 Å². The first-order chi connectivity index (χ1) is 20.1. The molecule has 228 valence electrons. The fourth-order valence-corrected chi connectivity index (χ4v) is 6.78. The van der Waals surface area contributed by atoms with Crippen LogP contribution in [0.5, 0.6) is 5.75 Å². The van der Waals surface area contributed by atoms with Gasteiger partial charge in [-0.3, -0.25) is 13.1 Å². The van der Waals surface area contributed by atoms with Crippen molar-refractivity contribution in [1.82, 2.24) is 13.3 Å². The van der Waals surface area contributed by atoms with Crippen LogP contribution in [0, 0.1) is 23.1 Å². The Morgan fingerprint density at radius 3 is 2.31 bits per heavy atom. The quantitative estimate of drug-likeness (QED) is 0.191. The zero-order chi connectivity index (χ0) is 29.9. The molecule has 2 saturated heterocycles. The highest BCUT2D eigenvalue weighted by Gasteiger charge is 2.58. The topological polar surface area (TPSA) is 61.9 Å². The number of halogens is 5. The van der Waals surface area contributed by atoms with Gasteiger partial charge in [-0.1, -0.05) is 18.6 Å². The maximum absolute atomic E-state index is 15.1. The zero-order valence-electron chi connectivity index (χ0n) is 23.4. The maximum atomic E-state index is 15.1. The zero-order valence-corrected chi connectivity index (χ0v) is 25.6. The van der Waals surface area contributed by atoms with Crippen LogP contribution in [0.15, 0.2) is 42.5 Å². The molecule has 1 atom stereocenters. The van der Waals surface area contributed by atoms with E-state index in [1.165, 1.54) is 6.07 Å². The number of carbonyl (C=O) groups is 2. The highest BCUT2D eigenvalue weighted by atomic mass is 127. The van der Waals surface area contributed by atoms with Gasteiger partial charge in [0.15, 0.2) is 0 Å². The molecule has 5 rings (SSSR count). The SMILES string of the molecule is O=C(NI)[C@@H]1CCCN(C(=O)c2ccc(-c3ccc(OCC4CCN(CC5(C(F)(F)F)CCC5)CC4)cc3F)cc2)C1. The van der Waals surface area contributed by atoms with E-state index in [0.29, 0.717) is 61.6 Å². The van der Waals surface area contributed by atoms with Crippen LogP contribution < -0.4 is 8.27 Å². The molecule has 42 heavy (non-hydrogen) atoms. The number of benzene rings is 2. The van der Waals surface area contributed by atoms with Gasteiger partial charge in [-0.2, -0.15) is 13.2 Å². The molecule has 3 aliphatic rings. The summed E-state index contributed by atoms with van der Waals surface area (Å²) in [6, 6.07) is 11.5. The highest BCUT2D eigenvalue weighted by molar-refractivity contribution is 14.1. The van der Waals surface area contributed by atoms with Crippen LogP contribution in [0.25, 0.3) is 11.1 Å². The molecule has 2 amide bonds. The van der Waals surface area contributed by atoms with Crippen molar-refractivity contribution >= 4 is 34.7 Å². The minimum Gasteiger partial charge on any atom is -0.493 e. The van der Waals surface area contributed by atoms with Crippen LogP contribution in [-0.4, -0.2) is 67.1 Å². The Labute approximate surface area is 257 Å². The number of piperidine rings is 2. The van der Waals surface area contributed by atoms with Gasteiger partial charge >= 0.3 is 6.18 Å². The third kappa shape index (κ3) is 6.87. The van der Waals surface area contributed by atoms with Crippen LogP contribution in [0.4, 0.5) is 17.6 Å². The summed E-state index contributed by atoms with van der Waals surface area (Å²) in [6.07, 6.45) is -0.0316. The van der Waals surface area contributed by atoms with Crippen LogP contribution in [0.3, 0.4) is 0 Å². The highest BCUT2D eigenvalue weighted by Crippen LogP contribution is 2.53. The lowest BCUT2D eigenvalue weighted by atomic mass is 9.67. The number of hydrogen-bond donors (Lipinski definition) is 1. The summed E-state index contributed by atoms with van der Waals surface area (Å²) >= 11 is 1.82. The molecule has 0 aromatic heterocycles. The minimum absolute atomic E-state index is 0.0710. The normalized spacial score (nSPS) is 21.5. The molecule has 0 bridgehead atoms. The molecule has 0 unspecified atom stereocenters. The second-order valence-electron chi connectivity index (χ2n) is 11.9. The molecular formula is C31H36F4IN3O3. The predicted octanol–water partition coefficient (Wildman–Crippen LogP) is 6.63. The Bertz CT molecular complexity index is 1260. The van der Waals surface area contributed by atoms with Gasteiger partial charge in [-0.15, -0.1) is 0 Å². The lowest BCUT2D eigenvalue weighted by Crippen LogP contribution is -2.53. The van der Waals surface area contributed by atoms with E-state index in [-0.39, 0.29) is 43.0 Å². The maximum Gasteiger partial charge on any atom is 0.395 e. The monoisotopic (exact) mass is 701 g/mol. The number of hydrogen-bond acceptors (Lipinski definition) is 4. The summed E-state index contributed by atoms with van der Waals surface area (Å²) in [6.45, 7) is 2.68. The number of nitrogens with one attached hydrogen (secondary N) is 1. The number of ether oxygens (including phenoxy) is 1. The lowest BCUT2D eigenvalue weighted by Gasteiger charge is -2.47. The van der Waals surface area contributed by atoms with Gasteiger partial charge in [0.2, 0.25) is 5.91 Å². The van der Waals surface area contributed by atoms with Crippen molar-refractivity contribution in [1.29, 1.82) is 0 Å². The number of amides is 2. The van der Waals surface area contributed by atoms with Gasteiger partial charge < -0.3 is 14.5 Å². The number of alkyl halides is 3. The molecule has 1 aliphatic carbocycles. The predicted molar refractivity (Wildman–Crippen MR) is 160 cm³/mol. The molecule has 1 N–H and O–H groups in total. The first-order valence-electron chi connectivity index (χ1n) is 14.6. The van der Waals surface area contributed by atoms with Crippen LogP contribution in [0.1, 0.15) is 55.3 Å². The number of likely N-dealkylation sites (tertiary alicyclic amines) is 2. The Balaban J connectivity index is 1.11. The smallest absolute Gasteiger partial charge is 0.395 e. The van der Waals surface area contributed by atoms with E-state index in [4.69, 9.17) is 4.74 Å². The van der Waals surface area contributed by atoms with Crippen LogP contribution in [0.2, 0.25) is 0 Å². The fraction of sp³-hybridized carbons (Fsp3) is 0.548. The van der Waals surface area contributed by atoms with Gasteiger partial charge in [-0.25, -0.2) is 4.39 Å². The molecule has 2 aromatic carbocycles. The standard InChI is InChI=1S/C31H36F4IN3O3/c32-27-17-25(42-19-21-10-15-38(16-11-21)20-30(12-2-13-30)31(33,34)35)8-9-26(27)22-4-6-23(7-5-22)29(41)39-14-1-3-24(18-39)28(40)37-36/h4-9,17,21,24H,1-3,10-16,18-20H2,(H,37,40)/t24-/m1/s1. The van der Waals surface area contributed by atoms with E-state index in [1.807, 2.05) is 27.8 Å². The van der Waals surface area contributed by atoms with Crippen molar-refractivity contribution in [3.05, 3.63) is 53.8 Å². The van der Waals surface area contributed by atoms with Gasteiger partial charge in [0, 0.05) is 36.8 Å². The first kappa shape index (κ1) is 31.0. The summed E-state index contributed by atoms with van der Waals surface area (Å²) < 4.78 is 64.1. The third-order valence-electron chi connectivity index (χ3n) is 9.19. The summed E-state index contributed by atoms with van der Waals surface area (Å²) in [5.74, 6) is -0.259. The van der Waals surface area contributed by atoms with Crippen molar-refractivity contribution in [2.45, 2.75) is 51.1 Å². The summed E-state index contributed by atoms with van der Waals surface area (Å²) in [5, 5.41) is 0. The van der Waals surface area contributed by atoms with Crippen molar-refractivity contribution < 1.29 is 31.9 Å². The van der Waals surface area contributed by atoms with E-state index < -0.39 is 17.4 Å². The molecule has 3 fully saturated rings. The van der Waals surface area contributed by atoms with E-state index in [9.17, 15) is 22.8 Å². The molecule has 1 saturated carbocycles. The van der Waals surface area contributed by atoms with Crippen molar-refractivity contribution in [2.24, 2.45) is 17.3 Å². The second kappa shape index (κ2) is 13.1. The van der Waals surface area contributed by atoms with Gasteiger partial charge in [-0.05, 0) is 87.4 Å². The fourth-order valence-electron chi connectivity index (χ4n) is 6.34. The van der Waals surface area contributed by atoms with Crippen molar-refractivity contribution in [3.63, 3.8) is 0 Å². The van der Waals surface area contributed by atoms with Gasteiger partial charge in [0.05, 0.1) is 40.8 Å². The summed E-state index contributed by atoms with van der Waals surface area (Å²) in [4.78, 5) is 28.6. The number of rotatable bonds is 8. The van der Waals surface area contributed by atoms with Crippen molar-refractivity contribution in [2.75, 3.05) is 39.3 Å².